The van der Waals surface area contributed by atoms with Gasteiger partial charge in [-0.1, -0.05) is 11.8 Å². The van der Waals surface area contributed by atoms with Gasteiger partial charge in [0.15, 0.2) is 0 Å². The highest BCUT2D eigenvalue weighted by Crippen LogP contribution is 2.35. The first-order chi connectivity index (χ1) is 17.6. The lowest BCUT2D eigenvalue weighted by molar-refractivity contribution is 0.101. The van der Waals surface area contributed by atoms with Crippen molar-refractivity contribution in [3.63, 3.8) is 0 Å². The van der Waals surface area contributed by atoms with Gasteiger partial charge in [-0.15, -0.1) is 0 Å². The number of rotatable bonds is 6. The van der Waals surface area contributed by atoms with Gasteiger partial charge in [-0.05, 0) is 123 Å². The van der Waals surface area contributed by atoms with Crippen LogP contribution < -0.4 is 22.1 Å². The lowest BCUT2D eigenvalue weighted by atomic mass is 10.1. The smallest absolute Gasteiger partial charge is 0.255 e. The number of benzene rings is 4. The van der Waals surface area contributed by atoms with Crippen molar-refractivity contribution in [2.75, 3.05) is 22.1 Å². The number of anilines is 4. The lowest BCUT2D eigenvalue weighted by Crippen LogP contribution is -2.13. The molecule has 6 nitrogen and oxygen atoms in total. The van der Waals surface area contributed by atoms with Crippen LogP contribution in [-0.2, 0) is 0 Å². The van der Waals surface area contributed by atoms with E-state index < -0.39 is 0 Å². The molecule has 0 heterocycles. The van der Waals surface area contributed by atoms with Crippen LogP contribution in [0.1, 0.15) is 43.0 Å². The predicted molar refractivity (Wildman–Crippen MR) is 154 cm³/mol. The Bertz CT molecular complexity index is 1400. The van der Waals surface area contributed by atoms with Gasteiger partial charge in [0.25, 0.3) is 11.8 Å². The van der Waals surface area contributed by atoms with Gasteiger partial charge < -0.3 is 22.1 Å². The van der Waals surface area contributed by atoms with E-state index in [0.29, 0.717) is 22.5 Å². The van der Waals surface area contributed by atoms with Gasteiger partial charge in [-0.3, -0.25) is 9.59 Å². The number of aryl methyl sites for hydroxylation is 4. The van der Waals surface area contributed by atoms with Crippen molar-refractivity contribution in [3.05, 3.63) is 106 Å². The summed E-state index contributed by atoms with van der Waals surface area (Å²) >= 11 is 1.64. The van der Waals surface area contributed by atoms with E-state index in [4.69, 9.17) is 11.5 Å². The molecule has 0 aliphatic rings. The van der Waals surface area contributed by atoms with Crippen molar-refractivity contribution >= 4 is 46.3 Å². The Hall–Kier alpha value is -4.23. The van der Waals surface area contributed by atoms with Crippen LogP contribution in [-0.4, -0.2) is 11.8 Å². The van der Waals surface area contributed by atoms with E-state index in [1.165, 1.54) is 0 Å². The number of hydrogen-bond acceptors (Lipinski definition) is 5. The first-order valence-corrected chi connectivity index (χ1v) is 12.7. The molecule has 4 aromatic carbocycles. The van der Waals surface area contributed by atoms with E-state index in [9.17, 15) is 9.59 Å². The highest BCUT2D eigenvalue weighted by atomic mass is 32.2. The Balaban J connectivity index is 1.44. The maximum atomic E-state index is 12.7. The van der Waals surface area contributed by atoms with Crippen LogP contribution >= 0.6 is 11.8 Å². The predicted octanol–water partition coefficient (Wildman–Crippen LogP) is 6.74. The number of nitrogens with one attached hydrogen (secondary N) is 2. The average molecular weight is 511 g/mol. The maximum absolute atomic E-state index is 12.7. The summed E-state index contributed by atoms with van der Waals surface area (Å²) in [5, 5.41) is 5.94. The molecule has 0 saturated carbocycles. The van der Waals surface area contributed by atoms with Crippen molar-refractivity contribution < 1.29 is 9.59 Å². The highest BCUT2D eigenvalue weighted by Gasteiger charge is 2.13. The van der Waals surface area contributed by atoms with Crippen molar-refractivity contribution in [3.8, 4) is 0 Å². The molecule has 2 amide bonds. The third kappa shape index (κ3) is 6.13. The minimum atomic E-state index is -0.167. The Morgan fingerprint density at radius 3 is 1.32 bits per heavy atom. The Morgan fingerprint density at radius 1 is 0.568 bits per heavy atom. The summed E-state index contributed by atoms with van der Waals surface area (Å²) in [7, 11) is 0. The molecule has 4 aromatic rings. The third-order valence-corrected chi connectivity index (χ3v) is 7.43. The van der Waals surface area contributed by atoms with E-state index in [1.807, 2.05) is 64.1 Å². The molecule has 0 unspecified atom stereocenters. The van der Waals surface area contributed by atoms with E-state index >= 15 is 0 Å². The number of amides is 2. The van der Waals surface area contributed by atoms with Crippen molar-refractivity contribution in [1.82, 2.24) is 0 Å². The van der Waals surface area contributed by atoms with Gasteiger partial charge in [0.2, 0.25) is 0 Å². The topological polar surface area (TPSA) is 110 Å². The van der Waals surface area contributed by atoms with Crippen molar-refractivity contribution in [2.45, 2.75) is 37.5 Å². The first-order valence-electron chi connectivity index (χ1n) is 11.8. The number of carbonyl (C=O) groups excluding carboxylic acids is 2. The molecule has 0 fully saturated rings. The summed E-state index contributed by atoms with van der Waals surface area (Å²) in [4.78, 5) is 27.6. The zero-order valence-corrected chi connectivity index (χ0v) is 22.1. The molecule has 0 radical (unpaired) electrons. The third-order valence-electron chi connectivity index (χ3n) is 6.08. The molecule has 0 aromatic heterocycles. The Labute approximate surface area is 221 Å². The molecule has 0 aliphatic heterocycles. The highest BCUT2D eigenvalue weighted by molar-refractivity contribution is 7.99. The van der Waals surface area contributed by atoms with Gasteiger partial charge >= 0.3 is 0 Å². The van der Waals surface area contributed by atoms with Crippen LogP contribution in [0.25, 0.3) is 0 Å². The summed E-state index contributed by atoms with van der Waals surface area (Å²) in [6, 6.07) is 22.3. The molecule has 0 bridgehead atoms. The van der Waals surface area contributed by atoms with Gasteiger partial charge in [0, 0.05) is 43.7 Å². The molecule has 0 atom stereocenters. The van der Waals surface area contributed by atoms with Gasteiger partial charge in [-0.25, -0.2) is 0 Å². The van der Waals surface area contributed by atoms with Crippen LogP contribution in [0.15, 0.2) is 82.6 Å². The molecule has 6 N–H and O–H groups in total. The maximum Gasteiger partial charge on any atom is 0.255 e. The standard InChI is InChI=1S/C30H30N4O2S/c1-17-13-21(31)5-9-25(17)29(35)33-23-7-11-27(19(3)15-23)37-28-12-8-24(16-20(28)4)34-30(36)26-10-6-22(32)14-18(26)2/h5-16H,31-32H2,1-4H3,(H,33,35)(H,34,36). The molecule has 4 rings (SSSR count). The second-order valence-electron chi connectivity index (χ2n) is 9.12. The lowest BCUT2D eigenvalue weighted by Gasteiger charge is -2.13. The van der Waals surface area contributed by atoms with E-state index in [0.717, 1.165) is 43.4 Å². The van der Waals surface area contributed by atoms with Crippen LogP contribution in [0.4, 0.5) is 22.7 Å². The van der Waals surface area contributed by atoms with Gasteiger partial charge in [0.05, 0.1) is 0 Å². The van der Waals surface area contributed by atoms with Crippen molar-refractivity contribution in [1.29, 1.82) is 0 Å². The number of hydrogen-bond donors (Lipinski definition) is 4. The van der Waals surface area contributed by atoms with Crippen molar-refractivity contribution in [2.24, 2.45) is 0 Å². The molecule has 0 aliphatic carbocycles. The molecule has 37 heavy (non-hydrogen) atoms. The summed E-state index contributed by atoms with van der Waals surface area (Å²) in [6.07, 6.45) is 0. The Morgan fingerprint density at radius 2 is 0.973 bits per heavy atom. The average Bonchev–Trinajstić information content (AvgIpc) is 2.82. The first kappa shape index (κ1) is 25.9. The van der Waals surface area contributed by atoms with Crippen LogP contribution in [0.2, 0.25) is 0 Å². The largest absolute Gasteiger partial charge is 0.399 e. The fourth-order valence-corrected chi connectivity index (χ4v) is 5.03. The van der Waals surface area contributed by atoms with Crippen LogP contribution in [0, 0.1) is 27.7 Å². The second kappa shape index (κ2) is 10.8. The number of nitrogens with two attached hydrogens (primary N) is 2. The van der Waals surface area contributed by atoms with Crippen LogP contribution in [0.3, 0.4) is 0 Å². The van der Waals surface area contributed by atoms with E-state index in [1.54, 1.807) is 48.2 Å². The molecule has 7 heteroatoms. The SMILES string of the molecule is Cc1cc(NC(=O)c2ccc(N)cc2C)ccc1Sc1ccc(NC(=O)c2ccc(N)cc2C)cc1C. The minimum absolute atomic E-state index is 0.167. The quantitative estimate of drug-likeness (QED) is 0.215. The number of nitrogen functional groups attached to an aromatic ring is 2. The number of carbonyl (C=O) groups is 2. The normalized spacial score (nSPS) is 10.7. The Kier molecular flexibility index (Phi) is 7.55. The van der Waals surface area contributed by atoms with E-state index in [2.05, 4.69) is 10.6 Å². The molecule has 0 spiro atoms. The second-order valence-corrected chi connectivity index (χ2v) is 10.2. The molecular weight excluding hydrogens is 480 g/mol. The monoisotopic (exact) mass is 510 g/mol. The van der Waals surface area contributed by atoms with Gasteiger partial charge in [-0.2, -0.15) is 0 Å². The zero-order chi connectivity index (χ0) is 26.7. The molecule has 188 valence electrons. The zero-order valence-electron chi connectivity index (χ0n) is 21.3. The summed E-state index contributed by atoms with van der Waals surface area (Å²) < 4.78 is 0. The summed E-state index contributed by atoms with van der Waals surface area (Å²) in [5.74, 6) is -0.333. The minimum Gasteiger partial charge on any atom is -0.399 e. The van der Waals surface area contributed by atoms with E-state index in [-0.39, 0.29) is 11.8 Å². The van der Waals surface area contributed by atoms with Crippen LogP contribution in [0.5, 0.6) is 0 Å². The summed E-state index contributed by atoms with van der Waals surface area (Å²) in [5.41, 5.74) is 19.3. The molecule has 0 saturated heterocycles. The van der Waals surface area contributed by atoms with Gasteiger partial charge in [0.1, 0.15) is 0 Å². The fourth-order valence-electron chi connectivity index (χ4n) is 4.08. The molecular formula is C30H30N4O2S. The fraction of sp³-hybridized carbons (Fsp3) is 0.133. The summed E-state index contributed by atoms with van der Waals surface area (Å²) in [6.45, 7) is 7.78.